The van der Waals surface area contributed by atoms with Crippen molar-refractivity contribution < 1.29 is 9.59 Å². The molecule has 1 heterocycles. The number of hydrogen-bond donors (Lipinski definition) is 2. The molecule has 1 saturated heterocycles. The summed E-state index contributed by atoms with van der Waals surface area (Å²) < 4.78 is 0. The van der Waals surface area contributed by atoms with E-state index in [1.807, 2.05) is 16.7 Å². The molecule has 0 spiro atoms. The maximum atomic E-state index is 11.8. The van der Waals surface area contributed by atoms with Crippen LogP contribution in [0.1, 0.15) is 13.8 Å². The lowest BCUT2D eigenvalue weighted by Crippen LogP contribution is -2.48. The predicted molar refractivity (Wildman–Crippen MR) is 69.7 cm³/mol. The smallest absolute Gasteiger partial charge is 0.242 e. The third-order valence-corrected chi connectivity index (χ3v) is 4.35. The van der Waals surface area contributed by atoms with Gasteiger partial charge in [-0.2, -0.15) is 11.8 Å². The molecule has 1 fully saturated rings. The van der Waals surface area contributed by atoms with E-state index in [1.54, 1.807) is 0 Å². The van der Waals surface area contributed by atoms with Crippen LogP contribution in [0.3, 0.4) is 0 Å². The Bertz CT molecular complexity index is 284. The molecule has 0 saturated carbocycles. The molecule has 0 aromatic carbocycles. The van der Waals surface area contributed by atoms with Crippen LogP contribution in [0.5, 0.6) is 0 Å². The Kier molecular flexibility index (Phi) is 5.77. The zero-order chi connectivity index (χ0) is 12.8. The molecule has 1 rings (SSSR count). The van der Waals surface area contributed by atoms with E-state index in [1.165, 1.54) is 0 Å². The van der Waals surface area contributed by atoms with E-state index >= 15 is 0 Å². The van der Waals surface area contributed by atoms with E-state index in [4.69, 9.17) is 5.73 Å². The van der Waals surface area contributed by atoms with Gasteiger partial charge in [0, 0.05) is 24.1 Å². The van der Waals surface area contributed by atoms with Gasteiger partial charge in [-0.25, -0.2) is 0 Å². The number of hydrogen-bond acceptors (Lipinski definition) is 4. The Morgan fingerprint density at radius 3 is 2.82 bits per heavy atom. The number of nitrogens with one attached hydrogen (secondary N) is 1. The highest BCUT2D eigenvalue weighted by molar-refractivity contribution is 8.00. The second-order valence-corrected chi connectivity index (χ2v) is 5.82. The van der Waals surface area contributed by atoms with Gasteiger partial charge in [0.1, 0.15) is 0 Å². The standard InChI is InChI=1S/C11H21N3O2S/c1-8(2)9-7-14(3-4-17-9)11(16)6-13-10(15)5-12/h8-9H,3-7,12H2,1-2H3,(H,13,15). The van der Waals surface area contributed by atoms with Gasteiger partial charge in [0.25, 0.3) is 0 Å². The van der Waals surface area contributed by atoms with Crippen LogP contribution >= 0.6 is 11.8 Å². The second kappa shape index (κ2) is 6.86. The van der Waals surface area contributed by atoms with Gasteiger partial charge in [0.15, 0.2) is 0 Å². The number of carbonyl (C=O) groups is 2. The molecular formula is C11H21N3O2S. The molecule has 1 aliphatic rings. The summed E-state index contributed by atoms with van der Waals surface area (Å²) >= 11 is 1.92. The molecule has 98 valence electrons. The first-order valence-corrected chi connectivity index (χ1v) is 6.95. The molecule has 0 aromatic rings. The van der Waals surface area contributed by atoms with Crippen LogP contribution in [0.15, 0.2) is 0 Å². The lowest BCUT2D eigenvalue weighted by Gasteiger charge is -2.34. The number of rotatable bonds is 4. The molecule has 17 heavy (non-hydrogen) atoms. The first kappa shape index (κ1) is 14.3. The molecule has 0 radical (unpaired) electrons. The van der Waals surface area contributed by atoms with E-state index in [0.717, 1.165) is 18.8 Å². The Balaban J connectivity index is 2.38. The topological polar surface area (TPSA) is 75.4 Å². The van der Waals surface area contributed by atoms with Crippen molar-refractivity contribution in [2.24, 2.45) is 11.7 Å². The fourth-order valence-corrected chi connectivity index (χ4v) is 2.96. The van der Waals surface area contributed by atoms with Crippen LogP contribution in [-0.2, 0) is 9.59 Å². The fourth-order valence-electron chi connectivity index (χ4n) is 1.66. The van der Waals surface area contributed by atoms with Gasteiger partial charge in [-0.3, -0.25) is 9.59 Å². The highest BCUT2D eigenvalue weighted by Crippen LogP contribution is 2.24. The maximum Gasteiger partial charge on any atom is 0.242 e. The van der Waals surface area contributed by atoms with Crippen LogP contribution in [-0.4, -0.2) is 53.9 Å². The van der Waals surface area contributed by atoms with Crippen LogP contribution in [0.2, 0.25) is 0 Å². The molecule has 1 unspecified atom stereocenters. The van der Waals surface area contributed by atoms with Gasteiger partial charge in [-0.05, 0) is 5.92 Å². The van der Waals surface area contributed by atoms with E-state index in [0.29, 0.717) is 11.2 Å². The Hall–Kier alpha value is -0.750. The van der Waals surface area contributed by atoms with Crippen molar-refractivity contribution in [3.05, 3.63) is 0 Å². The van der Waals surface area contributed by atoms with Gasteiger partial charge in [-0.15, -0.1) is 0 Å². The van der Waals surface area contributed by atoms with Crippen LogP contribution in [0.25, 0.3) is 0 Å². The summed E-state index contributed by atoms with van der Waals surface area (Å²) in [6.45, 7) is 5.87. The summed E-state index contributed by atoms with van der Waals surface area (Å²) in [5.74, 6) is 1.23. The van der Waals surface area contributed by atoms with E-state index in [2.05, 4.69) is 19.2 Å². The number of nitrogens with zero attached hydrogens (tertiary/aromatic N) is 1. The summed E-state index contributed by atoms with van der Waals surface area (Å²) in [6, 6.07) is 0. The van der Waals surface area contributed by atoms with Gasteiger partial charge in [-0.1, -0.05) is 13.8 Å². The lowest BCUT2D eigenvalue weighted by molar-refractivity contribution is -0.132. The van der Waals surface area contributed by atoms with Crippen LogP contribution in [0.4, 0.5) is 0 Å². The van der Waals surface area contributed by atoms with Crippen LogP contribution < -0.4 is 11.1 Å². The molecule has 2 amide bonds. The average Bonchev–Trinajstić information content (AvgIpc) is 2.35. The van der Waals surface area contributed by atoms with Gasteiger partial charge >= 0.3 is 0 Å². The SMILES string of the molecule is CC(C)C1CN(C(=O)CNC(=O)CN)CCS1. The number of carbonyl (C=O) groups excluding carboxylic acids is 2. The minimum absolute atomic E-state index is 0.0160. The van der Waals surface area contributed by atoms with Crippen molar-refractivity contribution in [1.29, 1.82) is 0 Å². The minimum Gasteiger partial charge on any atom is -0.346 e. The molecule has 3 N–H and O–H groups in total. The summed E-state index contributed by atoms with van der Waals surface area (Å²) in [7, 11) is 0. The maximum absolute atomic E-state index is 11.8. The Morgan fingerprint density at radius 1 is 1.53 bits per heavy atom. The van der Waals surface area contributed by atoms with E-state index in [9.17, 15) is 9.59 Å². The quantitative estimate of drug-likeness (QED) is 0.724. The molecule has 1 aliphatic heterocycles. The first-order valence-electron chi connectivity index (χ1n) is 5.90. The average molecular weight is 259 g/mol. The summed E-state index contributed by atoms with van der Waals surface area (Å²) in [6.07, 6.45) is 0. The molecule has 5 nitrogen and oxygen atoms in total. The zero-order valence-corrected chi connectivity index (χ0v) is 11.3. The highest BCUT2D eigenvalue weighted by Gasteiger charge is 2.25. The molecular weight excluding hydrogens is 238 g/mol. The van der Waals surface area contributed by atoms with Gasteiger partial charge in [0.2, 0.25) is 11.8 Å². The van der Waals surface area contributed by atoms with E-state index in [-0.39, 0.29) is 24.9 Å². The molecule has 1 atom stereocenters. The summed E-state index contributed by atoms with van der Waals surface area (Å²) in [5, 5.41) is 3.01. The number of thioether (sulfide) groups is 1. The molecule has 6 heteroatoms. The van der Waals surface area contributed by atoms with Crippen molar-refractivity contribution >= 4 is 23.6 Å². The van der Waals surface area contributed by atoms with Gasteiger partial charge in [0.05, 0.1) is 13.1 Å². The minimum atomic E-state index is -0.287. The van der Waals surface area contributed by atoms with Crippen molar-refractivity contribution in [1.82, 2.24) is 10.2 Å². The van der Waals surface area contributed by atoms with Gasteiger partial charge < -0.3 is 16.0 Å². The summed E-state index contributed by atoms with van der Waals surface area (Å²) in [4.78, 5) is 24.6. The largest absolute Gasteiger partial charge is 0.346 e. The monoisotopic (exact) mass is 259 g/mol. The van der Waals surface area contributed by atoms with Crippen molar-refractivity contribution in [2.75, 3.05) is 31.9 Å². The molecule has 0 bridgehead atoms. The molecule has 0 aromatic heterocycles. The fraction of sp³-hybridized carbons (Fsp3) is 0.818. The Labute approximate surface area is 106 Å². The number of amides is 2. The van der Waals surface area contributed by atoms with E-state index < -0.39 is 0 Å². The Morgan fingerprint density at radius 2 is 2.24 bits per heavy atom. The lowest BCUT2D eigenvalue weighted by atomic mass is 10.1. The van der Waals surface area contributed by atoms with Crippen molar-refractivity contribution in [3.63, 3.8) is 0 Å². The third-order valence-electron chi connectivity index (χ3n) is 2.81. The summed E-state index contributed by atoms with van der Waals surface area (Å²) in [5.41, 5.74) is 5.16. The van der Waals surface area contributed by atoms with Crippen LogP contribution in [0, 0.1) is 5.92 Å². The first-order chi connectivity index (χ1) is 8.04. The second-order valence-electron chi connectivity index (χ2n) is 4.47. The van der Waals surface area contributed by atoms with Crippen molar-refractivity contribution in [2.45, 2.75) is 19.1 Å². The normalized spacial score (nSPS) is 20.5. The highest BCUT2D eigenvalue weighted by atomic mass is 32.2. The predicted octanol–water partition coefficient (Wildman–Crippen LogP) is -0.339. The zero-order valence-electron chi connectivity index (χ0n) is 10.4. The number of nitrogens with two attached hydrogens (primary N) is 1. The molecule has 0 aliphatic carbocycles. The third kappa shape index (κ3) is 4.55. The van der Waals surface area contributed by atoms with Crippen molar-refractivity contribution in [3.8, 4) is 0 Å².